The molecular weight excluding hydrogens is 386 g/mol. The van der Waals surface area contributed by atoms with E-state index in [0.29, 0.717) is 30.2 Å². The van der Waals surface area contributed by atoms with Crippen molar-refractivity contribution in [3.8, 4) is 5.75 Å². The highest BCUT2D eigenvalue weighted by atomic mass is 16.5. The van der Waals surface area contributed by atoms with E-state index in [1.54, 1.807) is 0 Å². The summed E-state index contributed by atoms with van der Waals surface area (Å²) >= 11 is 0. The fourth-order valence-electron chi connectivity index (χ4n) is 4.78. The van der Waals surface area contributed by atoms with Gasteiger partial charge in [-0.25, -0.2) is 0 Å². The first kappa shape index (κ1) is 21.5. The lowest BCUT2D eigenvalue weighted by atomic mass is 9.96. The number of aliphatic hydroxyl groups excluding tert-OH is 1. The molecule has 4 atom stereocenters. The van der Waals surface area contributed by atoms with Crippen molar-refractivity contribution in [2.75, 3.05) is 6.61 Å². The van der Waals surface area contributed by atoms with Gasteiger partial charge in [0.25, 0.3) is 0 Å². The lowest BCUT2D eigenvalue weighted by Gasteiger charge is -2.21. The number of hydrogen-bond acceptors (Lipinski definition) is 4. The first-order chi connectivity index (χ1) is 15.2. The van der Waals surface area contributed by atoms with Crippen LogP contribution in [-0.2, 0) is 4.79 Å². The average Bonchev–Trinajstić information content (AvgIpc) is 3.27. The van der Waals surface area contributed by atoms with Gasteiger partial charge >= 0.3 is 0 Å². The van der Waals surface area contributed by atoms with Crippen LogP contribution >= 0.6 is 0 Å². The van der Waals surface area contributed by atoms with E-state index >= 15 is 0 Å². The Morgan fingerprint density at radius 2 is 1.84 bits per heavy atom. The van der Waals surface area contributed by atoms with Crippen LogP contribution in [0.25, 0.3) is 10.8 Å². The topological polar surface area (TPSA) is 58.6 Å². The number of aldehydes is 1. The third-order valence-electron chi connectivity index (χ3n) is 6.41. The van der Waals surface area contributed by atoms with Crippen LogP contribution in [-0.4, -0.2) is 30.1 Å². The van der Waals surface area contributed by atoms with E-state index in [1.165, 1.54) is 34.7 Å². The molecule has 0 saturated heterocycles. The van der Waals surface area contributed by atoms with Gasteiger partial charge < -0.3 is 15.2 Å². The third kappa shape index (κ3) is 5.15. The van der Waals surface area contributed by atoms with Gasteiger partial charge in [-0.3, -0.25) is 4.79 Å². The van der Waals surface area contributed by atoms with Crippen molar-refractivity contribution in [1.29, 1.82) is 0 Å². The highest BCUT2D eigenvalue weighted by molar-refractivity contribution is 5.86. The summed E-state index contributed by atoms with van der Waals surface area (Å²) in [7, 11) is 0. The molecule has 1 saturated carbocycles. The van der Waals surface area contributed by atoms with E-state index in [9.17, 15) is 4.79 Å². The zero-order valence-corrected chi connectivity index (χ0v) is 18.0. The zero-order valence-electron chi connectivity index (χ0n) is 18.0. The molecule has 2 N–H and O–H groups in total. The summed E-state index contributed by atoms with van der Waals surface area (Å²) in [6.45, 7) is 2.20. The first-order valence-corrected chi connectivity index (χ1v) is 11.2. The van der Waals surface area contributed by atoms with Crippen molar-refractivity contribution >= 4 is 17.1 Å². The molecule has 3 aromatic rings. The molecule has 0 aliphatic heterocycles. The predicted octanol–water partition coefficient (Wildman–Crippen LogP) is 5.16. The largest absolute Gasteiger partial charge is 0.483 e. The van der Waals surface area contributed by atoms with E-state index in [2.05, 4.69) is 66.8 Å². The third-order valence-corrected chi connectivity index (χ3v) is 6.41. The summed E-state index contributed by atoms with van der Waals surface area (Å²) in [6.07, 6.45) is 3.93. The monoisotopic (exact) mass is 417 g/mol. The van der Waals surface area contributed by atoms with Crippen LogP contribution in [0.3, 0.4) is 0 Å². The Balaban J connectivity index is 1.36. The summed E-state index contributed by atoms with van der Waals surface area (Å²) < 4.78 is 5.64. The van der Waals surface area contributed by atoms with Gasteiger partial charge in [0.15, 0.2) is 12.4 Å². The Labute approximate surface area is 184 Å². The van der Waals surface area contributed by atoms with Crippen molar-refractivity contribution in [2.45, 2.75) is 56.7 Å². The average molecular weight is 418 g/mol. The first-order valence-electron chi connectivity index (χ1n) is 11.2. The van der Waals surface area contributed by atoms with Crippen LogP contribution < -0.4 is 10.1 Å². The smallest absolute Gasteiger partial charge is 0.160 e. The molecule has 4 nitrogen and oxygen atoms in total. The number of fused-ring (bicyclic) bond motifs is 1. The summed E-state index contributed by atoms with van der Waals surface area (Å²) in [5, 5.41) is 15.5. The molecule has 1 unspecified atom stereocenters. The normalized spacial score (nSPS) is 20.5. The van der Waals surface area contributed by atoms with Crippen molar-refractivity contribution in [3.63, 3.8) is 0 Å². The van der Waals surface area contributed by atoms with Gasteiger partial charge in [-0.15, -0.1) is 0 Å². The van der Waals surface area contributed by atoms with Crippen LogP contribution in [0.4, 0.5) is 0 Å². The predicted molar refractivity (Wildman–Crippen MR) is 125 cm³/mol. The fourth-order valence-corrected chi connectivity index (χ4v) is 4.78. The number of ether oxygens (including phenoxy) is 1. The number of nitrogens with one attached hydrogen (secondary N) is 1. The quantitative estimate of drug-likeness (QED) is 0.473. The van der Waals surface area contributed by atoms with Crippen LogP contribution in [0, 0.1) is 0 Å². The highest BCUT2D eigenvalue weighted by Gasteiger charge is 2.27. The second-order valence-electron chi connectivity index (χ2n) is 8.54. The van der Waals surface area contributed by atoms with E-state index in [1.807, 2.05) is 12.1 Å². The van der Waals surface area contributed by atoms with E-state index in [4.69, 9.17) is 9.84 Å². The van der Waals surface area contributed by atoms with Gasteiger partial charge in [-0.2, -0.15) is 0 Å². The highest BCUT2D eigenvalue weighted by Crippen LogP contribution is 2.36. The van der Waals surface area contributed by atoms with E-state index < -0.39 is 6.10 Å². The second kappa shape index (κ2) is 10.1. The number of benzene rings is 3. The van der Waals surface area contributed by atoms with Crippen LogP contribution in [0.2, 0.25) is 0 Å². The Morgan fingerprint density at radius 3 is 2.61 bits per heavy atom. The number of rotatable bonds is 9. The van der Waals surface area contributed by atoms with Gasteiger partial charge in [0.2, 0.25) is 0 Å². The number of carbonyl (C=O) groups excluding carboxylic acids is 1. The van der Waals surface area contributed by atoms with Crippen molar-refractivity contribution in [3.05, 3.63) is 77.9 Å². The molecule has 0 spiro atoms. The molecule has 0 amide bonds. The van der Waals surface area contributed by atoms with Crippen molar-refractivity contribution in [2.24, 2.45) is 0 Å². The molecule has 1 aliphatic carbocycles. The van der Waals surface area contributed by atoms with Crippen molar-refractivity contribution in [1.82, 2.24) is 5.32 Å². The standard InChI is InChI=1S/C27H31NO3/c1-19(26-8-4-6-21-5-2-3-7-27(21)26)28-23-12-9-22(17-23)20-10-13-24(14-11-20)31-25(18-30)15-16-29/h2-8,10-11,13-14,18-19,22-23,25,28-29H,9,12,15-17H2,1H3/t19-,22-,23+,25?/m1/s1. The minimum atomic E-state index is -0.591. The summed E-state index contributed by atoms with van der Waals surface area (Å²) in [5.74, 6) is 1.21. The van der Waals surface area contributed by atoms with Gasteiger partial charge in [0.1, 0.15) is 5.75 Å². The Hall–Kier alpha value is -2.69. The molecule has 162 valence electrons. The molecule has 1 fully saturated rings. The molecule has 3 aromatic carbocycles. The van der Waals surface area contributed by atoms with E-state index in [0.717, 1.165) is 12.7 Å². The fraction of sp³-hybridized carbons (Fsp3) is 0.370. The zero-order chi connectivity index (χ0) is 21.6. The van der Waals surface area contributed by atoms with Crippen molar-refractivity contribution < 1.29 is 14.6 Å². The molecule has 0 heterocycles. The lowest BCUT2D eigenvalue weighted by molar-refractivity contribution is -0.114. The van der Waals surface area contributed by atoms with E-state index in [-0.39, 0.29) is 6.61 Å². The van der Waals surface area contributed by atoms with Crippen LogP contribution in [0.1, 0.15) is 55.7 Å². The summed E-state index contributed by atoms with van der Waals surface area (Å²) in [4.78, 5) is 11.0. The maximum atomic E-state index is 11.0. The number of aliphatic hydroxyl groups is 1. The Kier molecular flexibility index (Phi) is 7.00. The maximum absolute atomic E-state index is 11.0. The van der Waals surface area contributed by atoms with Gasteiger partial charge in [0.05, 0.1) is 0 Å². The number of hydrogen-bond donors (Lipinski definition) is 2. The summed E-state index contributed by atoms with van der Waals surface area (Å²) in [5.41, 5.74) is 2.68. The Morgan fingerprint density at radius 1 is 1.06 bits per heavy atom. The minimum Gasteiger partial charge on any atom is -0.483 e. The molecular formula is C27H31NO3. The van der Waals surface area contributed by atoms with Gasteiger partial charge in [-0.05, 0) is 66.1 Å². The molecule has 0 bridgehead atoms. The van der Waals surface area contributed by atoms with Gasteiger partial charge in [0, 0.05) is 25.1 Å². The SMILES string of the molecule is C[C@@H](N[C@H]1CC[C@@H](c2ccc(OC(C=O)CCO)cc2)C1)c1cccc2ccccc12. The van der Waals surface area contributed by atoms with Crippen LogP contribution in [0.15, 0.2) is 66.7 Å². The minimum absolute atomic E-state index is 0.0604. The van der Waals surface area contributed by atoms with Crippen LogP contribution in [0.5, 0.6) is 5.75 Å². The lowest BCUT2D eigenvalue weighted by Crippen LogP contribution is -2.29. The molecule has 1 aliphatic rings. The maximum Gasteiger partial charge on any atom is 0.160 e. The van der Waals surface area contributed by atoms with Gasteiger partial charge in [-0.1, -0.05) is 54.6 Å². The Bertz CT molecular complexity index is 996. The molecule has 0 aromatic heterocycles. The molecule has 4 rings (SSSR count). The number of carbonyl (C=O) groups is 1. The summed E-state index contributed by atoms with van der Waals surface area (Å²) in [6, 6.07) is 24.0. The second-order valence-corrected chi connectivity index (χ2v) is 8.54. The molecule has 0 radical (unpaired) electrons. The molecule has 4 heteroatoms. The molecule has 31 heavy (non-hydrogen) atoms.